The van der Waals surface area contributed by atoms with Gasteiger partial charge in [0.05, 0.1) is 5.56 Å². The molecule has 0 atom stereocenters. The van der Waals surface area contributed by atoms with Crippen molar-refractivity contribution in [3.05, 3.63) is 16.0 Å². The van der Waals surface area contributed by atoms with E-state index in [-0.39, 0.29) is 30.3 Å². The van der Waals surface area contributed by atoms with Gasteiger partial charge in [-0.25, -0.2) is 0 Å². The summed E-state index contributed by atoms with van der Waals surface area (Å²) in [6, 6.07) is 0.162. The van der Waals surface area contributed by atoms with Crippen LogP contribution in [0.4, 0.5) is 5.00 Å². The van der Waals surface area contributed by atoms with Crippen molar-refractivity contribution in [2.24, 2.45) is 11.7 Å². The Kier molecular flexibility index (Phi) is 6.23. The van der Waals surface area contributed by atoms with Gasteiger partial charge in [-0.2, -0.15) is 0 Å². The molecule has 0 aliphatic heterocycles. The van der Waals surface area contributed by atoms with Crippen molar-refractivity contribution in [2.75, 3.05) is 11.9 Å². The topological polar surface area (TPSA) is 92.5 Å². The van der Waals surface area contributed by atoms with Crippen molar-refractivity contribution in [2.45, 2.75) is 83.1 Å². The number of nitrogens with one attached hydrogen (secondary N) is 1. The molecule has 1 aromatic heterocycles. The third kappa shape index (κ3) is 4.34. The quantitative estimate of drug-likeness (QED) is 0.740. The normalized spacial score (nSPS) is 19.9. The minimum Gasteiger partial charge on any atom is -0.365 e. The SMILES string of the molecule is NC(=O)c1c(NC(=O)CN(C(=O)C2CCC2)C2CCCCC2)sc2c1CCCC2. The lowest BCUT2D eigenvalue weighted by Gasteiger charge is -2.38. The number of primary amides is 1. The number of nitrogens with two attached hydrogens (primary N) is 1. The molecule has 0 spiro atoms. The molecule has 29 heavy (non-hydrogen) atoms. The molecule has 6 nitrogen and oxygen atoms in total. The predicted octanol–water partition coefficient (Wildman–Crippen LogP) is 3.63. The number of rotatable bonds is 6. The van der Waals surface area contributed by atoms with Gasteiger partial charge in [0.1, 0.15) is 11.5 Å². The highest BCUT2D eigenvalue weighted by Gasteiger charge is 2.35. The fourth-order valence-electron chi connectivity index (χ4n) is 4.90. The molecule has 4 rings (SSSR count). The van der Waals surface area contributed by atoms with Gasteiger partial charge in [-0.05, 0) is 56.9 Å². The van der Waals surface area contributed by atoms with Crippen LogP contribution in [-0.2, 0) is 22.4 Å². The van der Waals surface area contributed by atoms with Gasteiger partial charge in [-0.1, -0.05) is 25.7 Å². The summed E-state index contributed by atoms with van der Waals surface area (Å²) >= 11 is 1.48. The first-order chi connectivity index (χ1) is 14.0. The van der Waals surface area contributed by atoms with Gasteiger partial charge >= 0.3 is 0 Å². The largest absolute Gasteiger partial charge is 0.365 e. The van der Waals surface area contributed by atoms with Crippen molar-refractivity contribution < 1.29 is 14.4 Å². The molecular formula is C22H31N3O3S. The van der Waals surface area contributed by atoms with Gasteiger partial charge in [0, 0.05) is 16.8 Å². The van der Waals surface area contributed by atoms with E-state index in [0.29, 0.717) is 10.6 Å². The van der Waals surface area contributed by atoms with E-state index in [1.165, 1.54) is 17.8 Å². The van der Waals surface area contributed by atoms with Crippen LogP contribution < -0.4 is 11.1 Å². The third-order valence-corrected chi connectivity index (χ3v) is 7.94. The lowest BCUT2D eigenvalue weighted by atomic mass is 9.83. The average Bonchev–Trinajstić information content (AvgIpc) is 3.03. The zero-order chi connectivity index (χ0) is 20.4. The molecule has 1 heterocycles. The molecular weight excluding hydrogens is 386 g/mol. The number of amides is 3. The van der Waals surface area contributed by atoms with Crippen molar-refractivity contribution >= 4 is 34.1 Å². The summed E-state index contributed by atoms with van der Waals surface area (Å²) in [5.74, 6) is -0.474. The van der Waals surface area contributed by atoms with Crippen LogP contribution in [0.5, 0.6) is 0 Å². The smallest absolute Gasteiger partial charge is 0.251 e. The Balaban J connectivity index is 1.50. The van der Waals surface area contributed by atoms with Crippen LogP contribution in [-0.4, -0.2) is 35.2 Å². The van der Waals surface area contributed by atoms with Crippen molar-refractivity contribution in [3.8, 4) is 0 Å². The van der Waals surface area contributed by atoms with Gasteiger partial charge in [0.2, 0.25) is 11.8 Å². The van der Waals surface area contributed by atoms with Crippen LogP contribution in [0.2, 0.25) is 0 Å². The van der Waals surface area contributed by atoms with Crippen LogP contribution in [0, 0.1) is 5.92 Å². The molecule has 2 fully saturated rings. The van der Waals surface area contributed by atoms with E-state index < -0.39 is 5.91 Å². The summed E-state index contributed by atoms with van der Waals surface area (Å²) in [5.41, 5.74) is 7.13. The van der Waals surface area contributed by atoms with E-state index in [9.17, 15) is 14.4 Å². The van der Waals surface area contributed by atoms with Gasteiger partial charge < -0.3 is 16.0 Å². The zero-order valence-corrected chi connectivity index (χ0v) is 17.8. The summed E-state index contributed by atoms with van der Waals surface area (Å²) in [6.45, 7) is 0.0702. The number of hydrogen-bond acceptors (Lipinski definition) is 4. The second-order valence-corrected chi connectivity index (χ2v) is 9.82. The summed E-state index contributed by atoms with van der Waals surface area (Å²) in [4.78, 5) is 41.0. The van der Waals surface area contributed by atoms with Gasteiger partial charge in [0.15, 0.2) is 0 Å². The maximum absolute atomic E-state index is 13.0. The highest BCUT2D eigenvalue weighted by atomic mass is 32.1. The fourth-order valence-corrected chi connectivity index (χ4v) is 6.22. The van der Waals surface area contributed by atoms with Crippen LogP contribution in [0.1, 0.15) is 85.0 Å². The summed E-state index contributed by atoms with van der Waals surface area (Å²) < 4.78 is 0. The number of aryl methyl sites for hydroxylation is 1. The molecule has 158 valence electrons. The Labute approximate surface area is 176 Å². The van der Waals surface area contributed by atoms with Crippen LogP contribution in [0.15, 0.2) is 0 Å². The standard InChI is InChI=1S/C22H31N3O3S/c23-20(27)19-16-11-4-5-12-17(16)29-21(19)24-18(26)13-25(15-9-2-1-3-10-15)22(28)14-7-6-8-14/h14-15H,1-13H2,(H2,23,27)(H,24,26). The lowest BCUT2D eigenvalue weighted by molar-refractivity contribution is -0.143. The molecule has 7 heteroatoms. The van der Waals surface area contributed by atoms with E-state index >= 15 is 0 Å². The molecule has 0 radical (unpaired) electrons. The van der Waals surface area contributed by atoms with Crippen LogP contribution in [0.3, 0.4) is 0 Å². The van der Waals surface area contributed by atoms with Crippen molar-refractivity contribution in [1.82, 2.24) is 4.90 Å². The Morgan fingerprint density at radius 1 is 0.966 bits per heavy atom. The summed E-state index contributed by atoms with van der Waals surface area (Å²) in [7, 11) is 0. The zero-order valence-electron chi connectivity index (χ0n) is 17.0. The minimum atomic E-state index is -0.477. The average molecular weight is 418 g/mol. The lowest BCUT2D eigenvalue weighted by Crippen LogP contribution is -2.49. The predicted molar refractivity (Wildman–Crippen MR) is 114 cm³/mol. The van der Waals surface area contributed by atoms with Crippen molar-refractivity contribution in [3.63, 3.8) is 0 Å². The highest BCUT2D eigenvalue weighted by Crippen LogP contribution is 2.38. The molecule has 3 aliphatic carbocycles. The van der Waals surface area contributed by atoms with Crippen LogP contribution >= 0.6 is 11.3 Å². The molecule has 0 unspecified atom stereocenters. The number of carbonyl (C=O) groups excluding carboxylic acids is 3. The molecule has 1 aromatic rings. The molecule has 0 aromatic carbocycles. The van der Waals surface area contributed by atoms with E-state index in [4.69, 9.17) is 5.73 Å². The number of thiophene rings is 1. The molecule has 0 saturated heterocycles. The molecule has 0 bridgehead atoms. The molecule has 2 saturated carbocycles. The monoisotopic (exact) mass is 417 g/mol. The molecule has 3 amide bonds. The summed E-state index contributed by atoms with van der Waals surface area (Å²) in [6.07, 6.45) is 12.3. The van der Waals surface area contributed by atoms with Crippen LogP contribution in [0.25, 0.3) is 0 Å². The number of nitrogens with zero attached hydrogens (tertiary/aromatic N) is 1. The minimum absolute atomic E-state index is 0.0702. The third-order valence-electron chi connectivity index (χ3n) is 6.74. The Hall–Kier alpha value is -1.89. The summed E-state index contributed by atoms with van der Waals surface area (Å²) in [5, 5.41) is 3.50. The first-order valence-electron chi connectivity index (χ1n) is 11.1. The number of carbonyl (C=O) groups is 3. The Morgan fingerprint density at radius 2 is 1.69 bits per heavy atom. The second-order valence-electron chi connectivity index (χ2n) is 8.71. The van der Waals surface area contributed by atoms with Gasteiger partial charge in [0.25, 0.3) is 5.91 Å². The molecule has 3 N–H and O–H groups in total. The van der Waals surface area contributed by atoms with Crippen molar-refractivity contribution in [1.29, 1.82) is 0 Å². The first kappa shape index (κ1) is 20.4. The van der Waals surface area contributed by atoms with E-state index in [1.807, 2.05) is 4.90 Å². The Bertz CT molecular complexity index is 793. The number of hydrogen-bond donors (Lipinski definition) is 2. The van der Waals surface area contributed by atoms with E-state index in [2.05, 4.69) is 5.32 Å². The van der Waals surface area contributed by atoms with E-state index in [0.717, 1.165) is 81.1 Å². The number of anilines is 1. The maximum Gasteiger partial charge on any atom is 0.251 e. The first-order valence-corrected chi connectivity index (χ1v) is 11.9. The second kappa shape index (κ2) is 8.86. The van der Waals surface area contributed by atoms with Gasteiger partial charge in [-0.15, -0.1) is 11.3 Å². The highest BCUT2D eigenvalue weighted by molar-refractivity contribution is 7.17. The fraction of sp³-hybridized carbons (Fsp3) is 0.682. The van der Waals surface area contributed by atoms with E-state index in [1.54, 1.807) is 0 Å². The number of fused-ring (bicyclic) bond motifs is 1. The Morgan fingerprint density at radius 3 is 2.34 bits per heavy atom. The molecule has 3 aliphatic rings. The maximum atomic E-state index is 13.0. The van der Waals surface area contributed by atoms with Gasteiger partial charge in [-0.3, -0.25) is 14.4 Å².